The summed E-state index contributed by atoms with van der Waals surface area (Å²) in [4.78, 5) is 15.6. The van der Waals surface area contributed by atoms with Gasteiger partial charge in [0.25, 0.3) is 5.91 Å². The minimum atomic E-state index is -1.62. The highest BCUT2D eigenvalue weighted by atomic mass is 79.9. The Balaban J connectivity index is 0.00000243. The van der Waals surface area contributed by atoms with Gasteiger partial charge in [-0.15, -0.1) is 11.3 Å². The van der Waals surface area contributed by atoms with Crippen LogP contribution in [0.4, 0.5) is 0 Å². The SMILES string of the molecule is CN(CC[N+]1(C)CCCC1)C(=O)[C@@](O)(c1ccccc1)c1cccs1.[Br-]. The molecule has 1 atom stereocenters. The fourth-order valence-electron chi connectivity index (χ4n) is 3.63. The second-order valence-electron chi connectivity index (χ2n) is 7.28. The highest BCUT2D eigenvalue weighted by molar-refractivity contribution is 7.10. The van der Waals surface area contributed by atoms with E-state index in [0.717, 1.165) is 11.0 Å². The lowest BCUT2D eigenvalue weighted by atomic mass is 9.90. The Morgan fingerprint density at radius 2 is 1.85 bits per heavy atom. The van der Waals surface area contributed by atoms with Gasteiger partial charge in [0.15, 0.2) is 0 Å². The molecular formula is C20H27BrN2O2S. The molecule has 1 aliphatic heterocycles. The summed E-state index contributed by atoms with van der Waals surface area (Å²) < 4.78 is 1.01. The lowest BCUT2D eigenvalue weighted by Gasteiger charge is -2.34. The van der Waals surface area contributed by atoms with Crippen LogP contribution in [0.3, 0.4) is 0 Å². The average molecular weight is 439 g/mol. The van der Waals surface area contributed by atoms with Crippen molar-refractivity contribution in [3.05, 3.63) is 58.3 Å². The lowest BCUT2D eigenvalue weighted by Crippen LogP contribution is -3.00. The topological polar surface area (TPSA) is 40.5 Å². The highest BCUT2D eigenvalue weighted by Gasteiger charge is 2.43. The summed E-state index contributed by atoms with van der Waals surface area (Å²) >= 11 is 1.41. The molecular weight excluding hydrogens is 412 g/mol. The smallest absolute Gasteiger partial charge is 0.264 e. The number of amides is 1. The van der Waals surface area contributed by atoms with Crippen LogP contribution in [0.15, 0.2) is 47.8 Å². The number of hydrogen-bond acceptors (Lipinski definition) is 3. The standard InChI is InChI=1S/C20H27N2O2S.BrH/c1-21(12-15-22(2)13-6-7-14-22)19(23)20(24,18-11-8-16-25-18)17-9-4-3-5-10-17;/h3-5,8-11,16,24H,6-7,12-15H2,1-2H3;1H/q+1;/p-1/t20-;/m1./s1. The van der Waals surface area contributed by atoms with Gasteiger partial charge in [-0.2, -0.15) is 0 Å². The van der Waals surface area contributed by atoms with E-state index < -0.39 is 5.60 Å². The molecule has 0 spiro atoms. The third kappa shape index (κ3) is 4.19. The molecule has 0 unspecified atom stereocenters. The fourth-order valence-corrected chi connectivity index (χ4v) is 4.46. The molecule has 0 radical (unpaired) electrons. The summed E-state index contributed by atoms with van der Waals surface area (Å²) in [5.74, 6) is -0.257. The Bertz CT molecular complexity index is 702. The molecule has 1 amide bonds. The molecule has 1 fully saturated rings. The number of quaternary nitrogens is 1. The Hall–Kier alpha value is -1.21. The van der Waals surface area contributed by atoms with E-state index in [9.17, 15) is 9.90 Å². The predicted molar refractivity (Wildman–Crippen MR) is 101 cm³/mol. The molecule has 1 saturated heterocycles. The van der Waals surface area contributed by atoms with Gasteiger partial charge in [0.05, 0.1) is 38.1 Å². The zero-order valence-corrected chi connectivity index (χ0v) is 17.8. The fraction of sp³-hybridized carbons (Fsp3) is 0.450. The number of rotatable bonds is 6. The number of likely N-dealkylation sites (tertiary alicyclic amines) is 1. The molecule has 3 rings (SSSR count). The first-order chi connectivity index (χ1) is 12.0. The van der Waals surface area contributed by atoms with Gasteiger partial charge in [-0.1, -0.05) is 36.4 Å². The maximum absolute atomic E-state index is 13.2. The zero-order valence-electron chi connectivity index (χ0n) is 15.4. The molecule has 6 heteroatoms. The normalized spacial score (nSPS) is 18.0. The molecule has 0 aliphatic carbocycles. The average Bonchev–Trinajstić information content (AvgIpc) is 3.32. The van der Waals surface area contributed by atoms with Crippen LogP contribution in [-0.4, -0.2) is 60.7 Å². The van der Waals surface area contributed by atoms with Gasteiger partial charge >= 0.3 is 0 Å². The molecule has 0 bridgehead atoms. The van der Waals surface area contributed by atoms with E-state index in [1.807, 2.05) is 47.8 Å². The summed E-state index contributed by atoms with van der Waals surface area (Å²) in [5.41, 5.74) is -0.996. The van der Waals surface area contributed by atoms with E-state index in [1.54, 1.807) is 11.9 Å². The van der Waals surface area contributed by atoms with Gasteiger partial charge in [0, 0.05) is 19.9 Å². The number of likely N-dealkylation sites (N-methyl/N-ethyl adjacent to an activating group) is 2. The highest BCUT2D eigenvalue weighted by Crippen LogP contribution is 2.34. The van der Waals surface area contributed by atoms with Crippen molar-refractivity contribution in [3.63, 3.8) is 0 Å². The number of hydrogen-bond donors (Lipinski definition) is 1. The van der Waals surface area contributed by atoms with E-state index in [1.165, 1.54) is 37.3 Å². The molecule has 142 valence electrons. The summed E-state index contributed by atoms with van der Waals surface area (Å²) in [7, 11) is 4.06. The summed E-state index contributed by atoms with van der Waals surface area (Å²) in [6.45, 7) is 3.93. The largest absolute Gasteiger partial charge is 1.00 e. The minimum Gasteiger partial charge on any atom is -1.00 e. The van der Waals surface area contributed by atoms with Gasteiger partial charge in [-0.3, -0.25) is 4.79 Å². The first kappa shape index (κ1) is 21.1. The third-order valence-corrected chi connectivity index (χ3v) is 6.33. The molecule has 2 heterocycles. The van der Waals surface area contributed by atoms with Crippen molar-refractivity contribution in [1.29, 1.82) is 0 Å². The van der Waals surface area contributed by atoms with Crippen molar-refractivity contribution in [2.45, 2.75) is 18.4 Å². The van der Waals surface area contributed by atoms with Crippen molar-refractivity contribution >= 4 is 17.2 Å². The molecule has 4 nitrogen and oxygen atoms in total. The zero-order chi connectivity index (χ0) is 17.9. The van der Waals surface area contributed by atoms with Crippen molar-refractivity contribution in [2.24, 2.45) is 0 Å². The van der Waals surface area contributed by atoms with Crippen molar-refractivity contribution < 1.29 is 31.4 Å². The van der Waals surface area contributed by atoms with Crippen LogP contribution in [0.5, 0.6) is 0 Å². The second kappa shape index (κ2) is 8.65. The molecule has 1 aromatic carbocycles. The van der Waals surface area contributed by atoms with E-state index >= 15 is 0 Å². The van der Waals surface area contributed by atoms with Crippen molar-refractivity contribution in [3.8, 4) is 0 Å². The van der Waals surface area contributed by atoms with Crippen LogP contribution in [0.1, 0.15) is 23.3 Å². The number of carbonyl (C=O) groups is 1. The lowest BCUT2D eigenvalue weighted by molar-refractivity contribution is -0.897. The Morgan fingerprint density at radius 3 is 2.42 bits per heavy atom. The first-order valence-corrected chi connectivity index (χ1v) is 9.75. The number of nitrogens with zero attached hydrogens (tertiary/aromatic N) is 2. The maximum atomic E-state index is 13.2. The quantitative estimate of drug-likeness (QED) is 0.628. The summed E-state index contributed by atoms with van der Waals surface area (Å²) in [5, 5.41) is 13.3. The number of halogens is 1. The molecule has 26 heavy (non-hydrogen) atoms. The van der Waals surface area contributed by atoms with Crippen LogP contribution in [0.2, 0.25) is 0 Å². The van der Waals surface area contributed by atoms with Gasteiger partial charge in [0.1, 0.15) is 0 Å². The van der Waals surface area contributed by atoms with Gasteiger partial charge in [0.2, 0.25) is 5.60 Å². The van der Waals surface area contributed by atoms with Crippen LogP contribution in [0.25, 0.3) is 0 Å². The Morgan fingerprint density at radius 1 is 1.19 bits per heavy atom. The predicted octanol–water partition coefficient (Wildman–Crippen LogP) is -0.313. The van der Waals surface area contributed by atoms with Crippen LogP contribution >= 0.6 is 11.3 Å². The summed E-state index contributed by atoms with van der Waals surface area (Å²) in [6, 6.07) is 13.0. The van der Waals surface area contributed by atoms with Crippen LogP contribution < -0.4 is 17.0 Å². The molecule has 1 N–H and O–H groups in total. The monoisotopic (exact) mass is 438 g/mol. The van der Waals surface area contributed by atoms with E-state index in [-0.39, 0.29) is 22.9 Å². The third-order valence-electron chi connectivity index (χ3n) is 5.35. The van der Waals surface area contributed by atoms with E-state index in [2.05, 4.69) is 7.05 Å². The summed E-state index contributed by atoms with van der Waals surface area (Å²) in [6.07, 6.45) is 2.52. The second-order valence-corrected chi connectivity index (χ2v) is 8.23. The number of aliphatic hydroxyl groups is 1. The van der Waals surface area contributed by atoms with E-state index in [4.69, 9.17) is 0 Å². The van der Waals surface area contributed by atoms with Crippen LogP contribution in [0, 0.1) is 0 Å². The van der Waals surface area contributed by atoms with Gasteiger partial charge in [-0.05, 0) is 17.0 Å². The maximum Gasteiger partial charge on any atom is 0.264 e. The van der Waals surface area contributed by atoms with Gasteiger partial charge < -0.3 is 31.5 Å². The Labute approximate surface area is 170 Å². The Kier molecular flexibility index (Phi) is 7.02. The van der Waals surface area contributed by atoms with Crippen molar-refractivity contribution in [2.75, 3.05) is 40.3 Å². The number of benzene rings is 1. The van der Waals surface area contributed by atoms with Crippen LogP contribution in [-0.2, 0) is 10.4 Å². The minimum absolute atomic E-state index is 0. The van der Waals surface area contributed by atoms with Gasteiger partial charge in [-0.25, -0.2) is 0 Å². The van der Waals surface area contributed by atoms with Crippen molar-refractivity contribution in [1.82, 2.24) is 4.90 Å². The molecule has 1 aliphatic rings. The molecule has 0 saturated carbocycles. The van der Waals surface area contributed by atoms with E-state index in [0.29, 0.717) is 17.0 Å². The molecule has 2 aromatic rings. The molecule has 1 aromatic heterocycles. The number of thiophene rings is 1. The first-order valence-electron chi connectivity index (χ1n) is 8.87. The number of carbonyl (C=O) groups excluding carboxylic acids is 1.